The molecule has 0 fully saturated rings. The van der Waals surface area contributed by atoms with Gasteiger partial charge in [-0.05, 0) is 12.1 Å². The summed E-state index contributed by atoms with van der Waals surface area (Å²) in [5.41, 5.74) is 2.46. The number of amides is 1. The molecule has 3 nitrogen and oxygen atoms in total. The highest BCUT2D eigenvalue weighted by Crippen LogP contribution is 1.94. The molecule has 10 heavy (non-hydrogen) atoms. The molecular formula is C7H7N2O. The molecule has 0 bridgehead atoms. The highest BCUT2D eigenvalue weighted by Gasteiger charge is 1.99. The summed E-state index contributed by atoms with van der Waals surface area (Å²) in [7, 11) is 0. The number of hydrogen-bond acceptors (Lipinski definition) is 2. The Hall–Kier alpha value is -1.35. The van der Waals surface area contributed by atoms with Crippen molar-refractivity contribution in [2.45, 2.75) is 0 Å². The van der Waals surface area contributed by atoms with E-state index in [-0.39, 0.29) is 5.91 Å². The molecule has 0 atom stereocenters. The van der Waals surface area contributed by atoms with Crippen molar-refractivity contribution < 1.29 is 4.79 Å². The topological polar surface area (TPSA) is 55.1 Å². The van der Waals surface area contributed by atoms with E-state index in [4.69, 9.17) is 5.84 Å². The van der Waals surface area contributed by atoms with Gasteiger partial charge < -0.3 is 0 Å². The lowest BCUT2D eigenvalue weighted by molar-refractivity contribution is 0.0953. The first kappa shape index (κ1) is 6.77. The summed E-state index contributed by atoms with van der Waals surface area (Å²) in [5.74, 6) is 4.57. The molecule has 0 saturated heterocycles. The van der Waals surface area contributed by atoms with E-state index in [0.29, 0.717) is 5.56 Å². The second-order valence-electron chi connectivity index (χ2n) is 1.75. The fourth-order valence-corrected chi connectivity index (χ4v) is 0.612. The highest BCUT2D eigenvalue weighted by atomic mass is 16.2. The number of nitrogens with one attached hydrogen (secondary N) is 1. The largest absolute Gasteiger partial charge is 0.290 e. The van der Waals surface area contributed by atoms with Gasteiger partial charge in [0.15, 0.2) is 0 Å². The third-order valence-electron chi connectivity index (χ3n) is 1.08. The maximum Gasteiger partial charge on any atom is 0.265 e. The van der Waals surface area contributed by atoms with Gasteiger partial charge >= 0.3 is 0 Å². The Morgan fingerprint density at radius 3 is 2.90 bits per heavy atom. The van der Waals surface area contributed by atoms with Crippen molar-refractivity contribution >= 4 is 5.91 Å². The second-order valence-corrected chi connectivity index (χ2v) is 1.75. The van der Waals surface area contributed by atoms with Crippen LogP contribution in [0.15, 0.2) is 24.3 Å². The van der Waals surface area contributed by atoms with Crippen molar-refractivity contribution in [1.82, 2.24) is 5.43 Å². The standard InChI is InChI=1S/C7H7N2O/c8-9-7(10)6-4-2-1-3-5-6/h1-4H,8H2,(H,9,10). The lowest BCUT2D eigenvalue weighted by Gasteiger charge is -1.95. The van der Waals surface area contributed by atoms with E-state index < -0.39 is 0 Å². The van der Waals surface area contributed by atoms with Crippen LogP contribution in [0.5, 0.6) is 0 Å². The summed E-state index contributed by atoms with van der Waals surface area (Å²) in [5, 5.41) is 0. The van der Waals surface area contributed by atoms with Gasteiger partial charge in [-0.15, -0.1) is 0 Å². The zero-order valence-corrected chi connectivity index (χ0v) is 5.29. The van der Waals surface area contributed by atoms with Crippen LogP contribution in [0.3, 0.4) is 0 Å². The number of hydrazine groups is 1. The predicted molar refractivity (Wildman–Crippen MR) is 36.9 cm³/mol. The monoisotopic (exact) mass is 135 g/mol. The SMILES string of the molecule is NNC(=O)c1[c]cccc1. The van der Waals surface area contributed by atoms with Gasteiger partial charge in [-0.1, -0.05) is 18.2 Å². The van der Waals surface area contributed by atoms with E-state index in [1.54, 1.807) is 24.3 Å². The lowest BCUT2D eigenvalue weighted by atomic mass is 10.2. The van der Waals surface area contributed by atoms with Crippen LogP contribution < -0.4 is 11.3 Å². The molecule has 0 aliphatic heterocycles. The number of rotatable bonds is 1. The van der Waals surface area contributed by atoms with Gasteiger partial charge in [0.2, 0.25) is 0 Å². The number of hydrogen-bond donors (Lipinski definition) is 2. The van der Waals surface area contributed by atoms with Crippen LogP contribution in [-0.2, 0) is 0 Å². The van der Waals surface area contributed by atoms with Crippen molar-refractivity contribution in [2.24, 2.45) is 5.84 Å². The quantitative estimate of drug-likeness (QED) is 0.326. The summed E-state index contributed by atoms with van der Waals surface area (Å²) >= 11 is 0. The van der Waals surface area contributed by atoms with E-state index in [2.05, 4.69) is 6.07 Å². The molecule has 3 heteroatoms. The minimum Gasteiger partial charge on any atom is -0.290 e. The fourth-order valence-electron chi connectivity index (χ4n) is 0.612. The minimum atomic E-state index is -0.319. The summed E-state index contributed by atoms with van der Waals surface area (Å²) in [6.45, 7) is 0. The molecule has 1 aromatic rings. The molecule has 0 aliphatic carbocycles. The minimum absolute atomic E-state index is 0.319. The molecule has 0 aromatic heterocycles. The van der Waals surface area contributed by atoms with Gasteiger partial charge in [-0.25, -0.2) is 5.84 Å². The average molecular weight is 135 g/mol. The normalized spacial score (nSPS) is 8.90. The molecule has 0 unspecified atom stereocenters. The molecular weight excluding hydrogens is 128 g/mol. The molecule has 1 rings (SSSR count). The summed E-state index contributed by atoms with van der Waals surface area (Å²) in [6, 6.07) is 9.56. The third-order valence-corrected chi connectivity index (χ3v) is 1.08. The number of benzene rings is 1. The van der Waals surface area contributed by atoms with Crippen LogP contribution in [0.25, 0.3) is 0 Å². The number of nitrogens with two attached hydrogens (primary N) is 1. The van der Waals surface area contributed by atoms with Gasteiger partial charge in [0.1, 0.15) is 0 Å². The molecule has 51 valence electrons. The van der Waals surface area contributed by atoms with Crippen molar-refractivity contribution in [3.8, 4) is 0 Å². The molecule has 0 aliphatic rings. The summed E-state index contributed by atoms with van der Waals surface area (Å²) in [4.78, 5) is 10.7. The summed E-state index contributed by atoms with van der Waals surface area (Å²) in [6.07, 6.45) is 0. The average Bonchev–Trinajstić information content (AvgIpc) is 2.05. The number of carbonyl (C=O) groups excluding carboxylic acids is 1. The first-order valence-electron chi connectivity index (χ1n) is 2.82. The Balaban J connectivity index is 2.85. The van der Waals surface area contributed by atoms with Crippen molar-refractivity contribution in [2.75, 3.05) is 0 Å². The Labute approximate surface area is 58.8 Å². The smallest absolute Gasteiger partial charge is 0.265 e. The van der Waals surface area contributed by atoms with E-state index in [0.717, 1.165) is 0 Å². The molecule has 1 aromatic carbocycles. The Kier molecular flexibility index (Phi) is 2.02. The van der Waals surface area contributed by atoms with Crippen LogP contribution in [0, 0.1) is 6.07 Å². The number of carbonyl (C=O) groups is 1. The predicted octanol–water partition coefficient (Wildman–Crippen LogP) is 0.0903. The third kappa shape index (κ3) is 1.33. The van der Waals surface area contributed by atoms with Crippen LogP contribution in [0.2, 0.25) is 0 Å². The first-order valence-corrected chi connectivity index (χ1v) is 2.82. The van der Waals surface area contributed by atoms with Crippen LogP contribution in [0.1, 0.15) is 10.4 Å². The Morgan fingerprint density at radius 1 is 1.60 bits per heavy atom. The van der Waals surface area contributed by atoms with E-state index in [1.807, 2.05) is 5.43 Å². The molecule has 0 heterocycles. The van der Waals surface area contributed by atoms with Crippen molar-refractivity contribution in [3.63, 3.8) is 0 Å². The fraction of sp³-hybridized carbons (Fsp3) is 0. The van der Waals surface area contributed by atoms with E-state index >= 15 is 0 Å². The lowest BCUT2D eigenvalue weighted by Crippen LogP contribution is -2.29. The van der Waals surface area contributed by atoms with Crippen LogP contribution >= 0.6 is 0 Å². The van der Waals surface area contributed by atoms with E-state index in [1.165, 1.54) is 0 Å². The Morgan fingerprint density at radius 2 is 2.40 bits per heavy atom. The van der Waals surface area contributed by atoms with Crippen molar-refractivity contribution in [3.05, 3.63) is 35.9 Å². The van der Waals surface area contributed by atoms with Crippen LogP contribution in [-0.4, -0.2) is 5.91 Å². The molecule has 0 saturated carbocycles. The van der Waals surface area contributed by atoms with Gasteiger partial charge in [-0.3, -0.25) is 10.2 Å². The zero-order valence-electron chi connectivity index (χ0n) is 5.29. The molecule has 0 spiro atoms. The van der Waals surface area contributed by atoms with Gasteiger partial charge in [-0.2, -0.15) is 0 Å². The first-order chi connectivity index (χ1) is 4.84. The number of nitrogen functional groups attached to an aromatic ring is 1. The molecule has 3 N–H and O–H groups in total. The Bertz CT molecular complexity index is 220. The van der Waals surface area contributed by atoms with Gasteiger partial charge in [0.05, 0.1) is 0 Å². The maximum absolute atomic E-state index is 10.7. The van der Waals surface area contributed by atoms with Crippen LogP contribution in [0.4, 0.5) is 0 Å². The summed E-state index contributed by atoms with van der Waals surface area (Å²) < 4.78 is 0. The highest BCUT2D eigenvalue weighted by molar-refractivity contribution is 5.93. The van der Waals surface area contributed by atoms with Crippen molar-refractivity contribution in [1.29, 1.82) is 0 Å². The zero-order chi connectivity index (χ0) is 7.40. The molecule has 1 amide bonds. The molecule has 1 radical (unpaired) electrons. The second kappa shape index (κ2) is 2.98. The van der Waals surface area contributed by atoms with Gasteiger partial charge in [0, 0.05) is 5.56 Å². The van der Waals surface area contributed by atoms with E-state index in [9.17, 15) is 4.79 Å². The van der Waals surface area contributed by atoms with Gasteiger partial charge in [0.25, 0.3) is 5.91 Å². The maximum atomic E-state index is 10.7.